The van der Waals surface area contributed by atoms with E-state index in [4.69, 9.17) is 5.73 Å². The van der Waals surface area contributed by atoms with Crippen LogP contribution in [0.25, 0.3) is 0 Å². The fraction of sp³-hybridized carbons (Fsp3) is 0.316. The molecule has 2 aromatic carbocycles. The molecule has 0 spiro atoms. The molecule has 0 radical (unpaired) electrons. The molecular weight excluding hydrogens is 304 g/mol. The van der Waals surface area contributed by atoms with Crippen molar-refractivity contribution in [3.63, 3.8) is 0 Å². The number of hydrogen-bond acceptors (Lipinski definition) is 3. The number of amides is 1. The van der Waals surface area contributed by atoms with Gasteiger partial charge in [0.2, 0.25) is 5.91 Å². The summed E-state index contributed by atoms with van der Waals surface area (Å²) in [5, 5.41) is -0.0259. The fourth-order valence-electron chi connectivity index (χ4n) is 2.90. The van der Waals surface area contributed by atoms with E-state index in [2.05, 4.69) is 37.3 Å². The molecular formula is C19H22N2OS. The molecule has 3 rings (SSSR count). The minimum atomic E-state index is -0.0259. The lowest BCUT2D eigenvalue weighted by atomic mass is 10.1. The monoisotopic (exact) mass is 326 g/mol. The van der Waals surface area contributed by atoms with Crippen LogP contribution in [0.2, 0.25) is 0 Å². The molecule has 2 N–H and O–H groups in total. The lowest BCUT2D eigenvalue weighted by molar-refractivity contribution is -0.131. The van der Waals surface area contributed by atoms with E-state index in [0.29, 0.717) is 19.6 Å². The van der Waals surface area contributed by atoms with E-state index in [0.717, 1.165) is 12.0 Å². The molecule has 0 fully saturated rings. The van der Waals surface area contributed by atoms with Crippen LogP contribution in [0.5, 0.6) is 0 Å². The zero-order chi connectivity index (χ0) is 16.2. The minimum absolute atomic E-state index is 0.0259. The van der Waals surface area contributed by atoms with Crippen LogP contribution in [0, 0.1) is 6.92 Å². The summed E-state index contributed by atoms with van der Waals surface area (Å²) in [5.41, 5.74) is 9.39. The summed E-state index contributed by atoms with van der Waals surface area (Å²) in [6.45, 7) is 3.80. The fourth-order valence-corrected chi connectivity index (χ4v) is 4.28. The van der Waals surface area contributed by atoms with Crippen LogP contribution < -0.4 is 5.73 Å². The van der Waals surface area contributed by atoms with Crippen LogP contribution in [0.4, 0.5) is 0 Å². The third-order valence-electron chi connectivity index (χ3n) is 4.10. The second kappa shape index (κ2) is 7.20. The maximum Gasteiger partial charge on any atom is 0.236 e. The molecule has 0 aromatic heterocycles. The first-order chi connectivity index (χ1) is 11.2. The zero-order valence-electron chi connectivity index (χ0n) is 13.4. The van der Waals surface area contributed by atoms with Gasteiger partial charge in [0, 0.05) is 24.5 Å². The Hall–Kier alpha value is -1.78. The van der Waals surface area contributed by atoms with Crippen molar-refractivity contribution in [1.82, 2.24) is 4.90 Å². The molecule has 3 nitrogen and oxygen atoms in total. The van der Waals surface area contributed by atoms with Crippen LogP contribution in [0.15, 0.2) is 53.4 Å². The summed E-state index contributed by atoms with van der Waals surface area (Å²) in [6, 6.07) is 16.5. The van der Waals surface area contributed by atoms with Crippen molar-refractivity contribution in [2.24, 2.45) is 5.73 Å². The number of nitrogens with zero attached hydrogens (tertiary/aromatic N) is 1. The summed E-state index contributed by atoms with van der Waals surface area (Å²) in [7, 11) is 0. The molecule has 0 bridgehead atoms. The number of thioether (sulfide) groups is 1. The molecule has 1 atom stereocenters. The van der Waals surface area contributed by atoms with Gasteiger partial charge < -0.3 is 10.6 Å². The number of aryl methyl sites for hydroxylation is 1. The second-order valence-corrected chi connectivity index (χ2v) is 7.20. The van der Waals surface area contributed by atoms with Gasteiger partial charge >= 0.3 is 0 Å². The van der Waals surface area contributed by atoms with Crippen LogP contribution >= 0.6 is 11.8 Å². The first kappa shape index (κ1) is 16.1. The van der Waals surface area contributed by atoms with Gasteiger partial charge in [0.05, 0.1) is 5.25 Å². The van der Waals surface area contributed by atoms with E-state index in [1.165, 1.54) is 16.0 Å². The number of rotatable bonds is 5. The highest BCUT2D eigenvalue weighted by molar-refractivity contribution is 8.01. The molecule has 2 aromatic rings. The van der Waals surface area contributed by atoms with Crippen molar-refractivity contribution in [2.75, 3.05) is 13.1 Å². The number of fused-ring (bicyclic) bond motifs is 1. The van der Waals surface area contributed by atoms with Crippen molar-refractivity contribution >= 4 is 17.7 Å². The molecule has 1 heterocycles. The maximum absolute atomic E-state index is 12.9. The van der Waals surface area contributed by atoms with E-state index < -0.39 is 0 Å². The largest absolute Gasteiger partial charge is 0.336 e. The predicted molar refractivity (Wildman–Crippen MR) is 95.4 cm³/mol. The van der Waals surface area contributed by atoms with Crippen molar-refractivity contribution in [1.29, 1.82) is 0 Å². The molecule has 0 aliphatic carbocycles. The Bertz CT molecular complexity index is 687. The topological polar surface area (TPSA) is 46.3 Å². The second-order valence-electron chi connectivity index (χ2n) is 5.96. The van der Waals surface area contributed by atoms with E-state index in [-0.39, 0.29) is 11.2 Å². The Labute approximate surface area is 141 Å². The molecule has 4 heteroatoms. The third-order valence-corrected chi connectivity index (χ3v) is 5.39. The lowest BCUT2D eigenvalue weighted by Gasteiger charge is -2.25. The molecule has 1 amide bonds. The molecule has 1 aliphatic rings. The van der Waals surface area contributed by atoms with Gasteiger partial charge in [-0.2, -0.15) is 0 Å². The average molecular weight is 326 g/mol. The Morgan fingerprint density at radius 2 is 2.04 bits per heavy atom. The first-order valence-corrected chi connectivity index (χ1v) is 8.84. The normalized spacial score (nSPS) is 16.2. The van der Waals surface area contributed by atoms with Crippen LogP contribution in [-0.2, 0) is 17.8 Å². The number of nitrogens with two attached hydrogens (primary N) is 1. The zero-order valence-corrected chi connectivity index (χ0v) is 14.2. The minimum Gasteiger partial charge on any atom is -0.336 e. The van der Waals surface area contributed by atoms with E-state index in [1.807, 2.05) is 23.1 Å². The standard InChI is InChI=1S/C19H22N2OS/c1-14-7-8-16-12-18(23-17(16)11-14)19(22)21(10-9-20)13-15-5-3-2-4-6-15/h2-8,11,18H,9-10,12-13,20H2,1H3. The third kappa shape index (κ3) is 3.77. The highest BCUT2D eigenvalue weighted by Gasteiger charge is 2.31. The summed E-state index contributed by atoms with van der Waals surface area (Å²) in [5.74, 6) is 0.193. The van der Waals surface area contributed by atoms with Gasteiger partial charge in [-0.25, -0.2) is 0 Å². The maximum atomic E-state index is 12.9. The molecule has 23 heavy (non-hydrogen) atoms. The lowest BCUT2D eigenvalue weighted by Crippen LogP contribution is -2.40. The van der Waals surface area contributed by atoms with Crippen LogP contribution in [0.3, 0.4) is 0 Å². The predicted octanol–water partition coefficient (Wildman–Crippen LogP) is 3.00. The summed E-state index contributed by atoms with van der Waals surface area (Å²) in [6.07, 6.45) is 0.814. The number of hydrogen-bond donors (Lipinski definition) is 1. The molecule has 120 valence electrons. The molecule has 1 aliphatic heterocycles. The summed E-state index contributed by atoms with van der Waals surface area (Å²) in [4.78, 5) is 16.1. The Kier molecular flexibility index (Phi) is 5.03. The van der Waals surface area contributed by atoms with E-state index >= 15 is 0 Å². The van der Waals surface area contributed by atoms with Crippen LogP contribution in [-0.4, -0.2) is 29.1 Å². The molecule has 1 unspecified atom stereocenters. The van der Waals surface area contributed by atoms with Gasteiger partial charge in [0.1, 0.15) is 0 Å². The number of carbonyl (C=O) groups excluding carboxylic acids is 1. The quantitative estimate of drug-likeness (QED) is 0.919. The average Bonchev–Trinajstić information content (AvgIpc) is 2.98. The van der Waals surface area contributed by atoms with Crippen molar-refractivity contribution in [3.8, 4) is 0 Å². The highest BCUT2D eigenvalue weighted by Crippen LogP contribution is 2.38. The molecule has 0 saturated heterocycles. The Morgan fingerprint density at radius 1 is 1.26 bits per heavy atom. The highest BCUT2D eigenvalue weighted by atomic mass is 32.2. The van der Waals surface area contributed by atoms with Gasteiger partial charge in [-0.1, -0.05) is 48.0 Å². The SMILES string of the molecule is Cc1ccc2c(c1)SC(C(=O)N(CCN)Cc1ccccc1)C2. The van der Waals surface area contributed by atoms with E-state index in [9.17, 15) is 4.79 Å². The van der Waals surface area contributed by atoms with Gasteiger partial charge in [-0.3, -0.25) is 4.79 Å². The summed E-state index contributed by atoms with van der Waals surface area (Å²) < 4.78 is 0. The van der Waals surface area contributed by atoms with Gasteiger partial charge in [-0.15, -0.1) is 11.8 Å². The van der Waals surface area contributed by atoms with Crippen molar-refractivity contribution in [3.05, 3.63) is 65.2 Å². The smallest absolute Gasteiger partial charge is 0.236 e. The van der Waals surface area contributed by atoms with Crippen molar-refractivity contribution in [2.45, 2.75) is 30.0 Å². The Balaban J connectivity index is 1.72. The van der Waals surface area contributed by atoms with Gasteiger partial charge in [0.25, 0.3) is 0 Å². The van der Waals surface area contributed by atoms with Crippen LogP contribution in [0.1, 0.15) is 16.7 Å². The summed E-state index contributed by atoms with van der Waals surface area (Å²) >= 11 is 1.69. The van der Waals surface area contributed by atoms with Gasteiger partial charge in [0.15, 0.2) is 0 Å². The van der Waals surface area contributed by atoms with Crippen molar-refractivity contribution < 1.29 is 4.79 Å². The Morgan fingerprint density at radius 3 is 2.78 bits per heavy atom. The van der Waals surface area contributed by atoms with E-state index in [1.54, 1.807) is 11.8 Å². The first-order valence-electron chi connectivity index (χ1n) is 7.96. The number of benzene rings is 2. The van der Waals surface area contributed by atoms with Gasteiger partial charge in [-0.05, 0) is 30.5 Å². The number of carbonyl (C=O) groups is 1. The molecule has 0 saturated carbocycles.